The van der Waals surface area contributed by atoms with Crippen LogP contribution in [0.3, 0.4) is 0 Å². The molecule has 1 aliphatic heterocycles. The molecular weight excluding hydrogens is 374 g/mol. The Morgan fingerprint density at radius 3 is 2.54 bits per heavy atom. The zero-order valence-electron chi connectivity index (χ0n) is 13.1. The number of primary sulfonamides is 1. The van der Waals surface area contributed by atoms with Crippen LogP contribution in [-0.2, 0) is 14.8 Å². The van der Waals surface area contributed by atoms with Crippen LogP contribution in [0.25, 0.3) is 0 Å². The SMILES string of the molecule is Cl.NS(=O)(=O)c1ccc(OCCSCC(=O)NCC2CNC2)cc1. The fourth-order valence-corrected chi connectivity index (χ4v) is 3.06. The van der Waals surface area contributed by atoms with E-state index < -0.39 is 10.0 Å². The molecule has 10 heteroatoms. The van der Waals surface area contributed by atoms with Crippen molar-refractivity contribution in [1.82, 2.24) is 10.6 Å². The zero-order valence-corrected chi connectivity index (χ0v) is 15.5. The Labute approximate surface area is 152 Å². The molecule has 1 aromatic rings. The number of ether oxygens (including phenoxy) is 1. The number of hydrogen-bond acceptors (Lipinski definition) is 6. The summed E-state index contributed by atoms with van der Waals surface area (Å²) in [6.07, 6.45) is 0. The molecule has 1 saturated heterocycles. The molecule has 0 aliphatic carbocycles. The third-order valence-corrected chi connectivity index (χ3v) is 5.19. The highest BCUT2D eigenvalue weighted by Crippen LogP contribution is 2.15. The van der Waals surface area contributed by atoms with E-state index in [4.69, 9.17) is 9.88 Å². The minimum atomic E-state index is -3.68. The van der Waals surface area contributed by atoms with Crippen LogP contribution in [0, 0.1) is 5.92 Å². The lowest BCUT2D eigenvalue weighted by Crippen LogP contribution is -2.48. The normalized spacial score (nSPS) is 14.4. The van der Waals surface area contributed by atoms with Crippen LogP contribution in [0.15, 0.2) is 29.2 Å². The molecule has 1 heterocycles. The zero-order chi connectivity index (χ0) is 16.7. The lowest BCUT2D eigenvalue weighted by atomic mass is 10.0. The fraction of sp³-hybridized carbons (Fsp3) is 0.500. The lowest BCUT2D eigenvalue weighted by molar-refractivity contribution is -0.118. The Morgan fingerprint density at radius 2 is 2.00 bits per heavy atom. The van der Waals surface area contributed by atoms with Gasteiger partial charge in [-0.2, -0.15) is 0 Å². The molecule has 0 spiro atoms. The fourth-order valence-electron chi connectivity index (χ4n) is 1.91. The van der Waals surface area contributed by atoms with Crippen molar-refractivity contribution in [2.45, 2.75) is 4.90 Å². The lowest BCUT2D eigenvalue weighted by Gasteiger charge is -2.27. The van der Waals surface area contributed by atoms with Crippen molar-refractivity contribution in [3.63, 3.8) is 0 Å². The summed E-state index contributed by atoms with van der Waals surface area (Å²) in [5.74, 6) is 2.26. The van der Waals surface area contributed by atoms with Crippen molar-refractivity contribution in [1.29, 1.82) is 0 Å². The molecule has 0 unspecified atom stereocenters. The van der Waals surface area contributed by atoms with Gasteiger partial charge in [-0.1, -0.05) is 0 Å². The van der Waals surface area contributed by atoms with Crippen LogP contribution in [0.1, 0.15) is 0 Å². The topological polar surface area (TPSA) is 111 Å². The van der Waals surface area contributed by atoms with Crippen molar-refractivity contribution in [2.75, 3.05) is 37.7 Å². The summed E-state index contributed by atoms with van der Waals surface area (Å²) in [6, 6.07) is 5.93. The molecule has 0 radical (unpaired) electrons. The van der Waals surface area contributed by atoms with Gasteiger partial charge >= 0.3 is 0 Å². The molecule has 1 aromatic carbocycles. The van der Waals surface area contributed by atoms with Gasteiger partial charge in [0.1, 0.15) is 5.75 Å². The highest BCUT2D eigenvalue weighted by atomic mass is 35.5. The Balaban J connectivity index is 0.00000288. The summed E-state index contributed by atoms with van der Waals surface area (Å²) in [5.41, 5.74) is 0. The first-order valence-electron chi connectivity index (χ1n) is 7.26. The second kappa shape index (κ2) is 10.1. The van der Waals surface area contributed by atoms with Crippen molar-refractivity contribution in [3.8, 4) is 5.75 Å². The minimum Gasteiger partial charge on any atom is -0.493 e. The van der Waals surface area contributed by atoms with E-state index in [2.05, 4.69) is 10.6 Å². The number of carbonyl (C=O) groups is 1. The third-order valence-electron chi connectivity index (χ3n) is 3.34. The summed E-state index contributed by atoms with van der Waals surface area (Å²) < 4.78 is 27.7. The Hall–Kier alpha value is -1.00. The maximum absolute atomic E-state index is 11.6. The van der Waals surface area contributed by atoms with Gasteiger partial charge in [0.15, 0.2) is 0 Å². The van der Waals surface area contributed by atoms with E-state index in [0.717, 1.165) is 19.6 Å². The number of halogens is 1. The number of carbonyl (C=O) groups excluding carboxylic acids is 1. The molecule has 0 atom stereocenters. The van der Waals surface area contributed by atoms with E-state index in [0.29, 0.717) is 29.8 Å². The molecule has 1 fully saturated rings. The summed E-state index contributed by atoms with van der Waals surface area (Å²) in [6.45, 7) is 3.13. The highest BCUT2D eigenvalue weighted by Gasteiger charge is 2.16. The molecule has 1 aliphatic rings. The number of nitrogens with one attached hydrogen (secondary N) is 2. The summed E-state index contributed by atoms with van der Waals surface area (Å²) in [4.78, 5) is 11.6. The number of rotatable bonds is 9. The van der Waals surface area contributed by atoms with E-state index in [1.54, 1.807) is 12.1 Å². The Morgan fingerprint density at radius 1 is 1.33 bits per heavy atom. The average Bonchev–Trinajstić information content (AvgIpc) is 2.45. The van der Waals surface area contributed by atoms with Crippen LogP contribution in [0.4, 0.5) is 0 Å². The predicted octanol–water partition coefficient (Wildman–Crippen LogP) is 0.203. The van der Waals surface area contributed by atoms with Crippen LogP contribution in [-0.4, -0.2) is 52.1 Å². The van der Waals surface area contributed by atoms with Crippen molar-refractivity contribution < 1.29 is 17.9 Å². The first kappa shape index (κ1) is 21.0. The van der Waals surface area contributed by atoms with Gasteiger partial charge in [0.05, 0.1) is 17.3 Å². The quantitative estimate of drug-likeness (QED) is 0.515. The number of benzene rings is 1. The minimum absolute atomic E-state index is 0. The van der Waals surface area contributed by atoms with Gasteiger partial charge in [0.25, 0.3) is 0 Å². The average molecular weight is 396 g/mol. The molecule has 1 amide bonds. The molecule has 24 heavy (non-hydrogen) atoms. The predicted molar refractivity (Wildman–Crippen MR) is 97.3 cm³/mol. The van der Waals surface area contributed by atoms with E-state index in [9.17, 15) is 13.2 Å². The Bertz CT molecular complexity index is 621. The largest absolute Gasteiger partial charge is 0.493 e. The number of nitrogens with two attached hydrogens (primary N) is 1. The van der Waals surface area contributed by atoms with Gasteiger partial charge in [-0.25, -0.2) is 13.6 Å². The standard InChI is InChI=1S/C14H21N3O4S2.ClH/c15-23(19,20)13-3-1-12(2-4-13)21-5-6-22-10-14(18)17-9-11-7-16-8-11;/h1-4,11,16H,5-10H2,(H,17,18)(H2,15,19,20);1H. The summed E-state index contributed by atoms with van der Waals surface area (Å²) in [5, 5.41) is 11.1. The molecule has 0 aromatic heterocycles. The van der Waals surface area contributed by atoms with Crippen LogP contribution >= 0.6 is 24.2 Å². The molecule has 136 valence electrons. The number of thioether (sulfide) groups is 1. The van der Waals surface area contributed by atoms with E-state index in [1.807, 2.05) is 0 Å². The summed E-state index contributed by atoms with van der Waals surface area (Å²) in [7, 11) is -3.68. The second-order valence-electron chi connectivity index (χ2n) is 5.25. The van der Waals surface area contributed by atoms with Gasteiger partial charge in [0, 0.05) is 31.3 Å². The van der Waals surface area contributed by atoms with Crippen molar-refractivity contribution in [2.24, 2.45) is 11.1 Å². The first-order chi connectivity index (χ1) is 10.9. The van der Waals surface area contributed by atoms with Gasteiger partial charge in [-0.15, -0.1) is 24.2 Å². The Kier molecular flexibility index (Phi) is 8.85. The maximum atomic E-state index is 11.6. The number of amides is 1. The molecule has 0 bridgehead atoms. The molecular formula is C14H22ClN3O4S2. The smallest absolute Gasteiger partial charge is 0.238 e. The van der Waals surface area contributed by atoms with Crippen LogP contribution in [0.5, 0.6) is 5.75 Å². The molecule has 7 nitrogen and oxygen atoms in total. The molecule has 4 N–H and O–H groups in total. The summed E-state index contributed by atoms with van der Waals surface area (Å²) >= 11 is 1.50. The van der Waals surface area contributed by atoms with E-state index >= 15 is 0 Å². The van der Waals surface area contributed by atoms with Crippen LogP contribution in [0.2, 0.25) is 0 Å². The van der Waals surface area contributed by atoms with Gasteiger partial charge in [0.2, 0.25) is 15.9 Å². The number of hydrogen-bond donors (Lipinski definition) is 3. The molecule has 0 saturated carbocycles. The second-order valence-corrected chi connectivity index (χ2v) is 7.91. The van der Waals surface area contributed by atoms with Crippen molar-refractivity contribution >= 4 is 40.1 Å². The van der Waals surface area contributed by atoms with Crippen molar-refractivity contribution in [3.05, 3.63) is 24.3 Å². The number of sulfonamides is 1. The maximum Gasteiger partial charge on any atom is 0.238 e. The highest BCUT2D eigenvalue weighted by molar-refractivity contribution is 7.99. The van der Waals surface area contributed by atoms with E-state index in [-0.39, 0.29) is 23.2 Å². The van der Waals surface area contributed by atoms with Gasteiger partial charge in [-0.05, 0) is 24.3 Å². The molecule has 2 rings (SSSR count). The third kappa shape index (κ3) is 7.27. The van der Waals surface area contributed by atoms with E-state index in [1.165, 1.54) is 23.9 Å². The van der Waals surface area contributed by atoms with Crippen LogP contribution < -0.4 is 20.5 Å². The van der Waals surface area contributed by atoms with Gasteiger partial charge < -0.3 is 15.4 Å². The first-order valence-corrected chi connectivity index (χ1v) is 9.96. The monoisotopic (exact) mass is 395 g/mol. The van der Waals surface area contributed by atoms with Gasteiger partial charge in [-0.3, -0.25) is 4.79 Å².